The fourth-order valence-electron chi connectivity index (χ4n) is 2.49. The van der Waals surface area contributed by atoms with Crippen molar-refractivity contribution in [3.63, 3.8) is 0 Å². The van der Waals surface area contributed by atoms with Gasteiger partial charge in [-0.3, -0.25) is 4.79 Å². The van der Waals surface area contributed by atoms with Gasteiger partial charge in [0.25, 0.3) is 5.67 Å². The summed E-state index contributed by atoms with van der Waals surface area (Å²) >= 11 is 0. The van der Waals surface area contributed by atoms with Crippen molar-refractivity contribution in [2.45, 2.75) is 5.67 Å². The van der Waals surface area contributed by atoms with Crippen LogP contribution < -0.4 is 4.74 Å². The van der Waals surface area contributed by atoms with Crippen LogP contribution in [0.3, 0.4) is 0 Å². The first-order chi connectivity index (χ1) is 13.5. The highest BCUT2D eigenvalue weighted by molar-refractivity contribution is 6.05. The van der Waals surface area contributed by atoms with Crippen molar-refractivity contribution in [1.82, 2.24) is 0 Å². The molecule has 0 fully saturated rings. The maximum absolute atomic E-state index is 15.0. The Morgan fingerprint density at radius 3 is 1.69 bits per heavy atom. The molecular weight excluding hydrogens is 419 g/mol. The highest BCUT2D eigenvalue weighted by atomic mass is 19.2. The van der Waals surface area contributed by atoms with E-state index in [1.165, 1.54) is 6.07 Å². The zero-order chi connectivity index (χ0) is 21.7. The van der Waals surface area contributed by atoms with Gasteiger partial charge in [-0.1, -0.05) is 30.3 Å². The van der Waals surface area contributed by atoms with Gasteiger partial charge in [-0.2, -0.15) is 17.6 Å². The Kier molecular flexibility index (Phi) is 4.93. The van der Waals surface area contributed by atoms with Crippen LogP contribution in [-0.2, 0) is 10.5 Å². The van der Waals surface area contributed by atoms with Crippen molar-refractivity contribution in [1.29, 1.82) is 0 Å². The number of ether oxygens (including phenoxy) is 1. The molecule has 0 heterocycles. The lowest BCUT2D eigenvalue weighted by atomic mass is 9.85. The molecule has 0 aliphatic heterocycles. The van der Waals surface area contributed by atoms with E-state index in [0.29, 0.717) is 0 Å². The largest absolute Gasteiger partial charge is 0.444 e. The van der Waals surface area contributed by atoms with E-state index in [1.807, 2.05) is 0 Å². The topological polar surface area (TPSA) is 26.3 Å². The lowest BCUT2D eigenvalue weighted by molar-refractivity contribution is -0.128. The van der Waals surface area contributed by atoms with E-state index in [4.69, 9.17) is 0 Å². The summed E-state index contributed by atoms with van der Waals surface area (Å²) < 4.78 is 129. The zero-order valence-electron chi connectivity index (χ0n) is 13.6. The van der Waals surface area contributed by atoms with Gasteiger partial charge < -0.3 is 4.74 Å². The molecule has 2 nitrogen and oxygen atoms in total. The summed E-state index contributed by atoms with van der Waals surface area (Å²) in [6.07, 6.45) is 0. The van der Waals surface area contributed by atoms with Crippen LogP contribution in [-0.4, -0.2) is 5.78 Å². The average molecular weight is 424 g/mol. The normalized spacial score (nSPS) is 19.8. The number of ketones is 1. The van der Waals surface area contributed by atoms with Crippen LogP contribution in [0.2, 0.25) is 0 Å². The summed E-state index contributed by atoms with van der Waals surface area (Å²) in [5, 5.41) is 0. The van der Waals surface area contributed by atoms with E-state index in [9.17, 15) is 44.3 Å². The number of benzene rings is 2. The number of allylic oxidation sites excluding steroid dienone is 3. The SMILES string of the molecule is O=C1C(F)=C(Oc2c(F)c(F)c(F)c(F)c2F)C(F)=C(F)C1(F)c1ccccc1. The summed E-state index contributed by atoms with van der Waals surface area (Å²) in [4.78, 5) is 12.0. The van der Waals surface area contributed by atoms with Gasteiger partial charge in [0.2, 0.25) is 58.0 Å². The quantitative estimate of drug-likeness (QED) is 0.368. The van der Waals surface area contributed by atoms with Crippen molar-refractivity contribution in [2.24, 2.45) is 0 Å². The van der Waals surface area contributed by atoms with Crippen LogP contribution in [0.4, 0.5) is 39.5 Å². The van der Waals surface area contributed by atoms with Crippen molar-refractivity contribution < 1.29 is 49.0 Å². The molecule has 3 rings (SSSR count). The predicted octanol–water partition coefficient (Wildman–Crippen LogP) is 5.54. The van der Waals surface area contributed by atoms with Crippen LogP contribution in [0.15, 0.2) is 53.6 Å². The van der Waals surface area contributed by atoms with E-state index < -0.39 is 75.1 Å². The second-order valence-electron chi connectivity index (χ2n) is 5.63. The highest BCUT2D eigenvalue weighted by Gasteiger charge is 2.54. The van der Waals surface area contributed by atoms with E-state index in [2.05, 4.69) is 4.74 Å². The summed E-state index contributed by atoms with van der Waals surface area (Å²) in [7, 11) is 0. The van der Waals surface area contributed by atoms with Crippen LogP contribution in [0.5, 0.6) is 5.75 Å². The Balaban J connectivity index is 2.16. The van der Waals surface area contributed by atoms with Gasteiger partial charge in [0, 0.05) is 5.56 Å². The molecule has 2 aromatic rings. The number of carbonyl (C=O) groups excluding carboxylic acids is 1. The highest BCUT2D eigenvalue weighted by Crippen LogP contribution is 2.47. The molecule has 0 radical (unpaired) electrons. The molecule has 0 amide bonds. The zero-order valence-corrected chi connectivity index (χ0v) is 13.6. The maximum atomic E-state index is 15.0. The Morgan fingerprint density at radius 2 is 1.17 bits per heavy atom. The lowest BCUT2D eigenvalue weighted by Gasteiger charge is -2.27. The Bertz CT molecular complexity index is 1060. The minimum atomic E-state index is -3.97. The fraction of sp³-hybridized carbons (Fsp3) is 0.0556. The molecule has 1 atom stereocenters. The second-order valence-corrected chi connectivity index (χ2v) is 5.63. The minimum absolute atomic E-state index is 0.817. The maximum Gasteiger partial charge on any atom is 0.254 e. The average Bonchev–Trinajstić information content (AvgIpc) is 2.73. The molecule has 0 saturated heterocycles. The first-order valence-corrected chi connectivity index (χ1v) is 7.47. The smallest absolute Gasteiger partial charge is 0.254 e. The van der Waals surface area contributed by atoms with Gasteiger partial charge in [0.1, 0.15) is 0 Å². The van der Waals surface area contributed by atoms with E-state index in [-0.39, 0.29) is 0 Å². The predicted molar refractivity (Wildman–Crippen MR) is 78.5 cm³/mol. The van der Waals surface area contributed by atoms with Gasteiger partial charge in [-0.25, -0.2) is 22.0 Å². The number of halogens is 9. The monoisotopic (exact) mass is 424 g/mol. The third kappa shape index (κ3) is 2.88. The number of carbonyl (C=O) groups is 1. The number of hydrogen-bond donors (Lipinski definition) is 0. The number of rotatable bonds is 3. The molecule has 0 saturated carbocycles. The summed E-state index contributed by atoms with van der Waals surface area (Å²) in [5.74, 6) is -27.3. The second kappa shape index (κ2) is 6.98. The Labute approximate surface area is 155 Å². The third-order valence-corrected chi connectivity index (χ3v) is 3.95. The van der Waals surface area contributed by atoms with Crippen LogP contribution in [0, 0.1) is 29.1 Å². The van der Waals surface area contributed by atoms with E-state index in [1.54, 1.807) is 0 Å². The molecule has 2 aromatic carbocycles. The van der Waals surface area contributed by atoms with Gasteiger partial charge in [0.05, 0.1) is 0 Å². The standard InChI is InChI=1S/C18H5F9O2/c19-7-8(20)10(22)14(11(23)9(7)21)29-15-12(24)16(26)18(27,17(28)13(15)25)6-4-2-1-3-5-6/h1-5H. The lowest BCUT2D eigenvalue weighted by Crippen LogP contribution is -2.37. The fourth-order valence-corrected chi connectivity index (χ4v) is 2.49. The van der Waals surface area contributed by atoms with Crippen LogP contribution in [0.25, 0.3) is 0 Å². The molecule has 11 heteroatoms. The summed E-state index contributed by atoms with van der Waals surface area (Å²) in [6, 6.07) is 5.22. The molecule has 1 aliphatic carbocycles. The molecule has 1 unspecified atom stereocenters. The van der Waals surface area contributed by atoms with Crippen LogP contribution >= 0.6 is 0 Å². The molecular formula is C18H5F9O2. The van der Waals surface area contributed by atoms with Crippen molar-refractivity contribution >= 4 is 5.78 Å². The summed E-state index contributed by atoms with van der Waals surface area (Å²) in [5.41, 5.74) is -4.79. The van der Waals surface area contributed by atoms with Gasteiger partial charge in [-0.15, -0.1) is 0 Å². The number of hydrogen-bond acceptors (Lipinski definition) is 2. The number of Topliss-reactive ketones (excluding diaryl/α,β-unsaturated/α-hetero) is 1. The molecule has 0 spiro atoms. The first-order valence-electron chi connectivity index (χ1n) is 7.47. The Morgan fingerprint density at radius 1 is 0.690 bits per heavy atom. The van der Waals surface area contributed by atoms with Gasteiger partial charge in [-0.05, 0) is 0 Å². The first kappa shape index (κ1) is 20.5. The van der Waals surface area contributed by atoms with Gasteiger partial charge >= 0.3 is 0 Å². The van der Waals surface area contributed by atoms with E-state index in [0.717, 1.165) is 24.3 Å². The molecule has 1 aliphatic rings. The van der Waals surface area contributed by atoms with Crippen molar-refractivity contribution in [3.05, 3.63) is 88.2 Å². The molecule has 0 bridgehead atoms. The molecule has 0 N–H and O–H groups in total. The van der Waals surface area contributed by atoms with E-state index >= 15 is 0 Å². The van der Waals surface area contributed by atoms with Crippen molar-refractivity contribution in [3.8, 4) is 5.75 Å². The minimum Gasteiger partial charge on any atom is -0.444 e. The molecule has 0 aromatic heterocycles. The number of alkyl halides is 1. The Hall–Kier alpha value is -3.24. The van der Waals surface area contributed by atoms with Crippen molar-refractivity contribution in [2.75, 3.05) is 0 Å². The summed E-state index contributed by atoms with van der Waals surface area (Å²) in [6.45, 7) is 0. The van der Waals surface area contributed by atoms with Crippen LogP contribution in [0.1, 0.15) is 5.56 Å². The molecule has 152 valence electrons. The third-order valence-electron chi connectivity index (χ3n) is 3.95. The molecule has 29 heavy (non-hydrogen) atoms. The van der Waals surface area contributed by atoms with Gasteiger partial charge in [0.15, 0.2) is 5.83 Å².